The molecular weight excluding hydrogens is 404 g/mol. The summed E-state index contributed by atoms with van der Waals surface area (Å²) in [5.41, 5.74) is 7.13. The van der Waals surface area contributed by atoms with Gasteiger partial charge in [0, 0.05) is 30.7 Å². The van der Waals surface area contributed by atoms with Crippen molar-refractivity contribution in [3.63, 3.8) is 0 Å². The molecule has 0 atom stereocenters. The molecule has 0 radical (unpaired) electrons. The fourth-order valence-electron chi connectivity index (χ4n) is 3.37. The van der Waals surface area contributed by atoms with E-state index in [0.717, 1.165) is 23.5 Å². The third-order valence-corrected chi connectivity index (χ3v) is 5.82. The van der Waals surface area contributed by atoms with E-state index in [9.17, 15) is 4.79 Å². The molecule has 0 saturated carbocycles. The summed E-state index contributed by atoms with van der Waals surface area (Å²) < 4.78 is 22.7. The lowest BCUT2D eigenvalue weighted by atomic mass is 10.1. The smallest absolute Gasteiger partial charge is 0.257 e. The van der Waals surface area contributed by atoms with Crippen LogP contribution in [0, 0.1) is 0 Å². The summed E-state index contributed by atoms with van der Waals surface area (Å²) in [7, 11) is 4.55. The van der Waals surface area contributed by atoms with Crippen LogP contribution in [0.25, 0.3) is 0 Å². The predicted octanol–water partition coefficient (Wildman–Crippen LogP) is 3.19. The van der Waals surface area contributed by atoms with Gasteiger partial charge in [0.15, 0.2) is 11.5 Å². The van der Waals surface area contributed by atoms with Crippen LogP contribution in [0.4, 0.5) is 0 Å². The highest BCUT2D eigenvalue weighted by Gasteiger charge is 2.29. The molecule has 2 N–H and O–H groups in total. The van der Waals surface area contributed by atoms with Crippen LogP contribution in [0.2, 0.25) is 0 Å². The van der Waals surface area contributed by atoms with Crippen LogP contribution < -0.4 is 24.7 Å². The second-order valence-corrected chi connectivity index (χ2v) is 7.94. The van der Waals surface area contributed by atoms with E-state index >= 15 is 0 Å². The number of benzene rings is 2. The van der Waals surface area contributed by atoms with Crippen LogP contribution in [0.15, 0.2) is 30.3 Å². The van der Waals surface area contributed by atoms with Gasteiger partial charge in [-0.15, -0.1) is 0 Å². The standard InChI is InChI=1S/C22H28N2O5S/c1-26-19-17(22(25)24-10-12-30-13-11-24)14-18(20(27-2)21(19)28-3)29-16-6-4-15(5-7-16)8-9-23/h4-7,14H,8-13,23H2,1-3H3. The molecule has 2 aromatic rings. The van der Waals surface area contributed by atoms with Gasteiger partial charge in [-0.05, 0) is 30.7 Å². The van der Waals surface area contributed by atoms with E-state index in [2.05, 4.69) is 0 Å². The van der Waals surface area contributed by atoms with Gasteiger partial charge in [0.25, 0.3) is 5.91 Å². The summed E-state index contributed by atoms with van der Waals surface area (Å²) in [4.78, 5) is 15.1. The zero-order valence-electron chi connectivity index (χ0n) is 17.6. The maximum Gasteiger partial charge on any atom is 0.257 e. The van der Waals surface area contributed by atoms with Crippen molar-refractivity contribution in [2.24, 2.45) is 5.73 Å². The van der Waals surface area contributed by atoms with Crippen molar-refractivity contribution in [3.8, 4) is 28.7 Å². The lowest BCUT2D eigenvalue weighted by molar-refractivity contribution is 0.0767. The Bertz CT molecular complexity index is 867. The zero-order chi connectivity index (χ0) is 21.5. The van der Waals surface area contributed by atoms with E-state index in [4.69, 9.17) is 24.7 Å². The van der Waals surface area contributed by atoms with Crippen molar-refractivity contribution in [2.75, 3.05) is 52.5 Å². The minimum atomic E-state index is -0.115. The van der Waals surface area contributed by atoms with Gasteiger partial charge in [0.05, 0.1) is 26.9 Å². The van der Waals surface area contributed by atoms with Crippen molar-refractivity contribution in [1.29, 1.82) is 0 Å². The lowest BCUT2D eigenvalue weighted by Crippen LogP contribution is -2.38. The largest absolute Gasteiger partial charge is 0.492 e. The first-order valence-corrected chi connectivity index (χ1v) is 10.9. The molecule has 1 amide bonds. The predicted molar refractivity (Wildman–Crippen MR) is 119 cm³/mol. The molecule has 3 rings (SSSR count). The van der Waals surface area contributed by atoms with Crippen molar-refractivity contribution in [2.45, 2.75) is 6.42 Å². The van der Waals surface area contributed by atoms with Gasteiger partial charge in [0.2, 0.25) is 11.5 Å². The Hall–Kier alpha value is -2.58. The topological polar surface area (TPSA) is 83.3 Å². The maximum atomic E-state index is 13.2. The molecule has 162 valence electrons. The van der Waals surface area contributed by atoms with Crippen molar-refractivity contribution < 1.29 is 23.7 Å². The first kappa shape index (κ1) is 22.1. The van der Waals surface area contributed by atoms with E-state index < -0.39 is 0 Å². The van der Waals surface area contributed by atoms with Crippen LogP contribution >= 0.6 is 11.8 Å². The van der Waals surface area contributed by atoms with Gasteiger partial charge in [-0.3, -0.25) is 4.79 Å². The van der Waals surface area contributed by atoms with Gasteiger partial charge in [-0.25, -0.2) is 0 Å². The highest BCUT2D eigenvalue weighted by molar-refractivity contribution is 7.99. The van der Waals surface area contributed by atoms with Crippen molar-refractivity contribution >= 4 is 17.7 Å². The summed E-state index contributed by atoms with van der Waals surface area (Å²) in [6.45, 7) is 1.98. The van der Waals surface area contributed by atoms with Gasteiger partial charge in [-0.2, -0.15) is 11.8 Å². The quantitative estimate of drug-likeness (QED) is 0.686. The number of carbonyl (C=O) groups excluding carboxylic acids is 1. The molecule has 2 aromatic carbocycles. The van der Waals surface area contributed by atoms with Crippen molar-refractivity contribution in [1.82, 2.24) is 4.90 Å². The first-order chi connectivity index (χ1) is 14.6. The van der Waals surface area contributed by atoms with Crippen molar-refractivity contribution in [3.05, 3.63) is 41.5 Å². The number of thioether (sulfide) groups is 1. The first-order valence-electron chi connectivity index (χ1n) is 9.79. The molecule has 1 heterocycles. The number of hydrogen-bond acceptors (Lipinski definition) is 7. The summed E-state index contributed by atoms with van der Waals surface area (Å²) in [6.07, 6.45) is 0.798. The number of hydrogen-bond donors (Lipinski definition) is 1. The highest BCUT2D eigenvalue weighted by atomic mass is 32.2. The molecule has 1 saturated heterocycles. The molecule has 7 nitrogen and oxygen atoms in total. The summed E-state index contributed by atoms with van der Waals surface area (Å²) in [5, 5.41) is 0. The Morgan fingerprint density at radius 1 is 1.00 bits per heavy atom. The fraction of sp³-hybridized carbons (Fsp3) is 0.409. The van der Waals surface area contributed by atoms with Gasteiger partial charge in [-0.1, -0.05) is 12.1 Å². The molecule has 0 aliphatic carbocycles. The molecule has 0 aromatic heterocycles. The van der Waals surface area contributed by atoms with E-state index in [1.54, 1.807) is 6.07 Å². The minimum absolute atomic E-state index is 0.115. The average molecular weight is 433 g/mol. The second-order valence-electron chi connectivity index (χ2n) is 6.71. The van der Waals surface area contributed by atoms with E-state index in [0.29, 0.717) is 53.9 Å². The molecule has 1 aliphatic rings. The van der Waals surface area contributed by atoms with Crippen LogP contribution in [0.3, 0.4) is 0 Å². The third kappa shape index (κ3) is 4.76. The Labute approximate surface area is 181 Å². The molecule has 1 fully saturated rings. The Kier molecular flexibility index (Phi) is 7.70. The molecule has 0 spiro atoms. The number of rotatable bonds is 8. The third-order valence-electron chi connectivity index (χ3n) is 4.88. The number of carbonyl (C=O) groups is 1. The minimum Gasteiger partial charge on any atom is -0.492 e. The Balaban J connectivity index is 2.01. The highest BCUT2D eigenvalue weighted by Crippen LogP contribution is 2.48. The second kappa shape index (κ2) is 10.4. The normalized spacial score (nSPS) is 13.7. The average Bonchev–Trinajstić information content (AvgIpc) is 2.79. The van der Waals surface area contributed by atoms with Gasteiger partial charge >= 0.3 is 0 Å². The molecule has 1 aliphatic heterocycles. The number of amides is 1. The molecular formula is C22H28N2O5S. The Morgan fingerprint density at radius 2 is 1.63 bits per heavy atom. The van der Waals surface area contributed by atoms with Crippen LogP contribution in [-0.2, 0) is 6.42 Å². The van der Waals surface area contributed by atoms with E-state index in [1.165, 1.54) is 21.3 Å². The van der Waals surface area contributed by atoms with E-state index in [1.807, 2.05) is 40.9 Å². The summed E-state index contributed by atoms with van der Waals surface area (Å²) >= 11 is 1.84. The number of nitrogens with two attached hydrogens (primary N) is 1. The number of nitrogens with zero attached hydrogens (tertiary/aromatic N) is 1. The molecule has 8 heteroatoms. The SMILES string of the molecule is COc1c(Oc2ccc(CCN)cc2)cc(C(=O)N2CCSCC2)c(OC)c1OC. The lowest BCUT2D eigenvalue weighted by Gasteiger charge is -2.28. The summed E-state index contributed by atoms with van der Waals surface area (Å²) in [6, 6.07) is 9.33. The van der Waals surface area contributed by atoms with Gasteiger partial charge in [0.1, 0.15) is 5.75 Å². The van der Waals surface area contributed by atoms with Crippen LogP contribution in [0.1, 0.15) is 15.9 Å². The maximum absolute atomic E-state index is 13.2. The fourth-order valence-corrected chi connectivity index (χ4v) is 4.27. The zero-order valence-corrected chi connectivity index (χ0v) is 18.4. The number of ether oxygens (including phenoxy) is 4. The molecule has 30 heavy (non-hydrogen) atoms. The van der Waals surface area contributed by atoms with Crippen LogP contribution in [0.5, 0.6) is 28.7 Å². The Morgan fingerprint density at radius 3 is 2.20 bits per heavy atom. The van der Waals surface area contributed by atoms with Gasteiger partial charge < -0.3 is 29.6 Å². The van der Waals surface area contributed by atoms with E-state index in [-0.39, 0.29) is 5.91 Å². The summed E-state index contributed by atoms with van der Waals surface area (Å²) in [5.74, 6) is 3.75. The molecule has 0 unspecified atom stereocenters. The number of methoxy groups -OCH3 is 3. The van der Waals surface area contributed by atoms with Crippen LogP contribution in [-0.4, -0.2) is 63.3 Å². The monoisotopic (exact) mass is 432 g/mol. The molecule has 0 bridgehead atoms.